The first-order chi connectivity index (χ1) is 6.83. The summed E-state index contributed by atoms with van der Waals surface area (Å²) in [5.41, 5.74) is 7.52. The van der Waals surface area contributed by atoms with E-state index in [2.05, 4.69) is 9.97 Å². The lowest BCUT2D eigenvalue weighted by atomic mass is 10.1. The van der Waals surface area contributed by atoms with E-state index in [1.165, 1.54) is 0 Å². The number of nitrogen functional groups attached to an aromatic ring is 1. The number of anilines is 1. The molecule has 0 saturated heterocycles. The van der Waals surface area contributed by atoms with Gasteiger partial charge in [-0.2, -0.15) is 5.26 Å². The van der Waals surface area contributed by atoms with Crippen molar-refractivity contribution in [1.82, 2.24) is 9.97 Å². The second-order valence-electron chi connectivity index (χ2n) is 2.82. The number of nitrogens with two attached hydrogens (primary N) is 1. The molecule has 3 N–H and O–H groups in total. The molecule has 4 heteroatoms. The molecule has 0 unspecified atom stereocenters. The third kappa shape index (κ3) is 1.21. The minimum atomic E-state index is 0.383. The molecular weight excluding hydrogens is 176 g/mol. The Kier molecular flexibility index (Phi) is 1.92. The maximum atomic E-state index is 8.87. The maximum Gasteiger partial charge on any atom is 0.119 e. The summed E-state index contributed by atoms with van der Waals surface area (Å²) >= 11 is 0. The van der Waals surface area contributed by atoms with Crippen LogP contribution in [0.3, 0.4) is 0 Å². The molecule has 2 aromatic heterocycles. The van der Waals surface area contributed by atoms with Gasteiger partial charge in [-0.05, 0) is 12.1 Å². The van der Waals surface area contributed by atoms with Gasteiger partial charge in [0.1, 0.15) is 17.5 Å². The van der Waals surface area contributed by atoms with E-state index in [9.17, 15) is 0 Å². The van der Waals surface area contributed by atoms with Crippen LogP contribution < -0.4 is 5.73 Å². The fourth-order valence-corrected chi connectivity index (χ4v) is 1.28. The molecule has 2 heterocycles. The van der Waals surface area contributed by atoms with Gasteiger partial charge in [0, 0.05) is 18.0 Å². The molecule has 2 aromatic rings. The monoisotopic (exact) mass is 184 g/mol. The van der Waals surface area contributed by atoms with Crippen molar-refractivity contribution in [2.45, 2.75) is 0 Å². The first-order valence-electron chi connectivity index (χ1n) is 4.11. The van der Waals surface area contributed by atoms with Crippen LogP contribution in [0.25, 0.3) is 11.3 Å². The van der Waals surface area contributed by atoms with Gasteiger partial charge in [0.15, 0.2) is 0 Å². The van der Waals surface area contributed by atoms with Crippen LogP contribution >= 0.6 is 0 Å². The number of hydrogen-bond donors (Lipinski definition) is 2. The predicted octanol–water partition coefficient (Wildman–Crippen LogP) is 1.53. The summed E-state index contributed by atoms with van der Waals surface area (Å²) in [6.45, 7) is 0. The summed E-state index contributed by atoms with van der Waals surface area (Å²) in [6.07, 6.45) is 3.37. The molecular formula is C10H8N4. The van der Waals surface area contributed by atoms with E-state index in [4.69, 9.17) is 11.0 Å². The predicted molar refractivity (Wildman–Crippen MR) is 53.2 cm³/mol. The number of rotatable bonds is 1. The van der Waals surface area contributed by atoms with Crippen molar-refractivity contribution < 1.29 is 0 Å². The molecule has 0 aliphatic carbocycles. The summed E-state index contributed by atoms with van der Waals surface area (Å²) < 4.78 is 0. The number of hydrogen-bond acceptors (Lipinski definition) is 3. The number of H-pyrrole nitrogens is 1. The van der Waals surface area contributed by atoms with E-state index < -0.39 is 0 Å². The Morgan fingerprint density at radius 2 is 2.29 bits per heavy atom. The number of aromatic nitrogens is 2. The van der Waals surface area contributed by atoms with E-state index in [1.807, 2.05) is 24.3 Å². The minimum Gasteiger partial charge on any atom is -0.384 e. The molecule has 0 aromatic carbocycles. The number of nitrogens with one attached hydrogen (secondary N) is 1. The minimum absolute atomic E-state index is 0.383. The van der Waals surface area contributed by atoms with Gasteiger partial charge in [-0.1, -0.05) is 6.07 Å². The Hall–Kier alpha value is -2.28. The largest absolute Gasteiger partial charge is 0.384 e. The van der Waals surface area contributed by atoms with Crippen molar-refractivity contribution in [2.24, 2.45) is 0 Å². The maximum absolute atomic E-state index is 8.87. The topological polar surface area (TPSA) is 78.5 Å². The highest BCUT2D eigenvalue weighted by Crippen LogP contribution is 2.24. The highest BCUT2D eigenvalue weighted by atomic mass is 14.8. The van der Waals surface area contributed by atoms with Crippen molar-refractivity contribution in [3.63, 3.8) is 0 Å². The van der Waals surface area contributed by atoms with E-state index in [0.717, 1.165) is 11.3 Å². The second-order valence-corrected chi connectivity index (χ2v) is 2.82. The Labute approximate surface area is 81.0 Å². The van der Waals surface area contributed by atoms with Crippen LogP contribution in [-0.4, -0.2) is 9.97 Å². The molecule has 68 valence electrons. The molecule has 0 saturated carbocycles. The molecule has 0 spiro atoms. The van der Waals surface area contributed by atoms with Crippen molar-refractivity contribution in [3.8, 4) is 17.3 Å². The standard InChI is InChI=1S/C10H8N4/c11-5-7-8(6-14-10(7)12)9-3-1-2-4-13-9/h1-4,6,14H,12H2. The summed E-state index contributed by atoms with van der Waals surface area (Å²) in [4.78, 5) is 6.95. The van der Waals surface area contributed by atoms with E-state index >= 15 is 0 Å². The molecule has 14 heavy (non-hydrogen) atoms. The van der Waals surface area contributed by atoms with Gasteiger partial charge in [-0.25, -0.2) is 0 Å². The number of pyridine rings is 1. The molecule has 0 amide bonds. The smallest absolute Gasteiger partial charge is 0.119 e. The fourth-order valence-electron chi connectivity index (χ4n) is 1.28. The van der Waals surface area contributed by atoms with Crippen LogP contribution in [0.1, 0.15) is 5.56 Å². The zero-order valence-electron chi connectivity index (χ0n) is 7.36. The van der Waals surface area contributed by atoms with Gasteiger partial charge < -0.3 is 10.7 Å². The summed E-state index contributed by atoms with van der Waals surface area (Å²) in [6, 6.07) is 7.58. The van der Waals surface area contributed by atoms with Gasteiger partial charge in [0.25, 0.3) is 0 Å². The molecule has 2 rings (SSSR count). The highest BCUT2D eigenvalue weighted by molar-refractivity contribution is 5.73. The number of aromatic amines is 1. The zero-order valence-corrected chi connectivity index (χ0v) is 7.36. The summed E-state index contributed by atoms with van der Waals surface area (Å²) in [5, 5.41) is 8.87. The first-order valence-corrected chi connectivity index (χ1v) is 4.11. The normalized spacial score (nSPS) is 9.64. The Balaban J connectivity index is 2.59. The van der Waals surface area contributed by atoms with E-state index in [0.29, 0.717) is 11.4 Å². The Morgan fingerprint density at radius 3 is 2.93 bits per heavy atom. The fraction of sp³-hybridized carbons (Fsp3) is 0. The second kappa shape index (κ2) is 3.23. The van der Waals surface area contributed by atoms with Crippen molar-refractivity contribution in [2.75, 3.05) is 5.73 Å². The highest BCUT2D eigenvalue weighted by Gasteiger charge is 2.10. The van der Waals surface area contributed by atoms with Crippen LogP contribution in [0, 0.1) is 11.3 Å². The lowest BCUT2D eigenvalue weighted by Crippen LogP contribution is -1.88. The quantitative estimate of drug-likeness (QED) is 0.705. The zero-order chi connectivity index (χ0) is 9.97. The van der Waals surface area contributed by atoms with Gasteiger partial charge in [-0.15, -0.1) is 0 Å². The van der Waals surface area contributed by atoms with Crippen molar-refractivity contribution in [3.05, 3.63) is 36.2 Å². The van der Waals surface area contributed by atoms with E-state index in [1.54, 1.807) is 12.4 Å². The Morgan fingerprint density at radius 1 is 1.43 bits per heavy atom. The first kappa shape index (κ1) is 8.32. The van der Waals surface area contributed by atoms with Gasteiger partial charge >= 0.3 is 0 Å². The number of nitrogens with zero attached hydrogens (tertiary/aromatic N) is 2. The average Bonchev–Trinajstić information content (AvgIpc) is 2.61. The molecule has 4 nitrogen and oxygen atoms in total. The molecule has 0 radical (unpaired) electrons. The third-order valence-corrected chi connectivity index (χ3v) is 1.96. The molecule has 0 aliphatic heterocycles. The lowest BCUT2D eigenvalue weighted by Gasteiger charge is -1.95. The Bertz CT molecular complexity index is 479. The number of nitriles is 1. The average molecular weight is 184 g/mol. The lowest BCUT2D eigenvalue weighted by molar-refractivity contribution is 1.32. The molecule has 0 atom stereocenters. The molecule has 0 bridgehead atoms. The SMILES string of the molecule is N#Cc1c(-c2ccccn2)c[nH]c1N. The summed E-state index contributed by atoms with van der Waals surface area (Å²) in [5.74, 6) is 0.383. The molecule has 0 fully saturated rings. The molecule has 0 aliphatic rings. The van der Waals surface area contributed by atoms with Gasteiger partial charge in [-0.3, -0.25) is 4.98 Å². The van der Waals surface area contributed by atoms with Crippen LogP contribution in [0.4, 0.5) is 5.82 Å². The van der Waals surface area contributed by atoms with Gasteiger partial charge in [0.2, 0.25) is 0 Å². The van der Waals surface area contributed by atoms with Crippen molar-refractivity contribution >= 4 is 5.82 Å². The van der Waals surface area contributed by atoms with Crippen molar-refractivity contribution in [1.29, 1.82) is 5.26 Å². The summed E-state index contributed by atoms with van der Waals surface area (Å²) in [7, 11) is 0. The van der Waals surface area contributed by atoms with Crippen LogP contribution in [-0.2, 0) is 0 Å². The van der Waals surface area contributed by atoms with Crippen LogP contribution in [0.5, 0.6) is 0 Å². The van der Waals surface area contributed by atoms with Gasteiger partial charge in [0.05, 0.1) is 5.69 Å². The van der Waals surface area contributed by atoms with Crippen LogP contribution in [0.2, 0.25) is 0 Å². The van der Waals surface area contributed by atoms with Crippen LogP contribution in [0.15, 0.2) is 30.6 Å². The van der Waals surface area contributed by atoms with E-state index in [-0.39, 0.29) is 0 Å². The third-order valence-electron chi connectivity index (χ3n) is 1.96.